The molecule has 0 bridgehead atoms. The lowest BCUT2D eigenvalue weighted by Gasteiger charge is -2.15. The van der Waals surface area contributed by atoms with Gasteiger partial charge < -0.3 is 5.73 Å². The molecule has 94 valence electrons. The molecule has 2 fully saturated rings. The van der Waals surface area contributed by atoms with Gasteiger partial charge in [-0.15, -0.1) is 0 Å². The van der Waals surface area contributed by atoms with Gasteiger partial charge in [0.2, 0.25) is 11.8 Å². The highest BCUT2D eigenvalue weighted by molar-refractivity contribution is 6.21. The molecule has 2 heterocycles. The maximum atomic E-state index is 12.3. The second-order valence-electron chi connectivity index (χ2n) is 5.25. The van der Waals surface area contributed by atoms with Crippen LogP contribution >= 0.6 is 0 Å². The largest absolute Gasteiger partial charge is 0.397 e. The van der Waals surface area contributed by atoms with E-state index in [1.54, 1.807) is 12.1 Å². The predicted molar refractivity (Wildman–Crippen MR) is 66.5 cm³/mol. The molecular weight excluding hydrogens is 230 g/mol. The highest BCUT2D eigenvalue weighted by atomic mass is 16.2. The van der Waals surface area contributed by atoms with Gasteiger partial charge >= 0.3 is 0 Å². The molecule has 3 rings (SSSR count). The minimum atomic E-state index is -0.146. The number of nitrogen functional groups attached to an aromatic ring is 1. The lowest BCUT2D eigenvalue weighted by atomic mass is 10.00. The number of nitrogens with two attached hydrogens (primary N) is 1. The quantitative estimate of drug-likeness (QED) is 0.754. The first-order valence-corrected chi connectivity index (χ1v) is 6.17. The van der Waals surface area contributed by atoms with Gasteiger partial charge in [0.25, 0.3) is 0 Å². The fourth-order valence-electron chi connectivity index (χ4n) is 3.03. The molecule has 2 atom stereocenters. The Labute approximate surface area is 105 Å². The number of carbonyl (C=O) groups is 2. The van der Waals surface area contributed by atoms with Crippen molar-refractivity contribution < 1.29 is 9.59 Å². The number of imide groups is 1. The number of aromatic nitrogens is 1. The van der Waals surface area contributed by atoms with E-state index < -0.39 is 0 Å². The maximum absolute atomic E-state index is 12.3. The van der Waals surface area contributed by atoms with Crippen LogP contribution in [0.25, 0.3) is 0 Å². The molecule has 1 aromatic rings. The van der Waals surface area contributed by atoms with Crippen LogP contribution in [0.15, 0.2) is 18.3 Å². The number of nitrogens with zero attached hydrogens (tertiary/aromatic N) is 2. The van der Waals surface area contributed by atoms with Crippen LogP contribution in [0.1, 0.15) is 19.8 Å². The number of amides is 2. The molecule has 1 aliphatic carbocycles. The smallest absolute Gasteiger partial charge is 0.238 e. The summed E-state index contributed by atoms with van der Waals surface area (Å²) in [5.74, 6) is 0.340. The number of fused-ring (bicyclic) bond motifs is 1. The van der Waals surface area contributed by atoms with Gasteiger partial charge in [-0.3, -0.25) is 9.59 Å². The summed E-state index contributed by atoms with van der Waals surface area (Å²) in [5, 5.41) is 0. The summed E-state index contributed by atoms with van der Waals surface area (Å²) in [5.41, 5.74) is 6.07. The zero-order valence-electron chi connectivity index (χ0n) is 10.2. The van der Waals surface area contributed by atoms with E-state index in [9.17, 15) is 9.59 Å². The molecule has 0 radical (unpaired) electrons. The minimum absolute atomic E-state index is 0.105. The first-order valence-electron chi connectivity index (χ1n) is 6.17. The normalized spacial score (nSPS) is 30.9. The molecule has 0 spiro atoms. The molecule has 2 unspecified atom stereocenters. The van der Waals surface area contributed by atoms with Crippen molar-refractivity contribution in [1.29, 1.82) is 0 Å². The van der Waals surface area contributed by atoms with Gasteiger partial charge in [0.1, 0.15) is 5.82 Å². The van der Waals surface area contributed by atoms with Crippen molar-refractivity contribution in [3.8, 4) is 0 Å². The van der Waals surface area contributed by atoms with Gasteiger partial charge in [-0.05, 0) is 30.9 Å². The highest BCUT2D eigenvalue weighted by Crippen LogP contribution is 2.43. The predicted octanol–water partition coefficient (Wildman–Crippen LogP) is 1.20. The number of hydrogen-bond acceptors (Lipinski definition) is 4. The third-order valence-corrected chi connectivity index (χ3v) is 3.87. The summed E-state index contributed by atoms with van der Waals surface area (Å²) in [7, 11) is 0. The fraction of sp³-hybridized carbons (Fsp3) is 0.462. The first-order chi connectivity index (χ1) is 8.58. The molecule has 5 nitrogen and oxygen atoms in total. The lowest BCUT2D eigenvalue weighted by Crippen LogP contribution is -2.32. The van der Waals surface area contributed by atoms with Gasteiger partial charge in [0.05, 0.1) is 23.7 Å². The number of pyridine rings is 1. The van der Waals surface area contributed by atoms with E-state index in [-0.39, 0.29) is 23.7 Å². The molecule has 1 aliphatic heterocycles. The summed E-state index contributed by atoms with van der Waals surface area (Å²) in [6, 6.07) is 3.27. The minimum Gasteiger partial charge on any atom is -0.397 e. The summed E-state index contributed by atoms with van der Waals surface area (Å²) < 4.78 is 0. The standard InChI is InChI=1S/C13H15N3O2/c1-7-4-9-10(5-7)13(18)16(12(9)17)11-3-2-8(14)6-15-11/h2-3,6-7,9-10H,4-5,14H2,1H3. The number of anilines is 2. The van der Waals surface area contributed by atoms with Gasteiger partial charge in [-0.1, -0.05) is 6.92 Å². The molecule has 1 aromatic heterocycles. The molecule has 2 aliphatic rings. The van der Waals surface area contributed by atoms with E-state index in [0.717, 1.165) is 12.8 Å². The summed E-state index contributed by atoms with van der Waals surface area (Å²) in [6.45, 7) is 2.09. The van der Waals surface area contributed by atoms with Gasteiger partial charge in [0.15, 0.2) is 0 Å². The third-order valence-electron chi connectivity index (χ3n) is 3.87. The molecule has 2 N–H and O–H groups in total. The molecule has 18 heavy (non-hydrogen) atoms. The van der Waals surface area contributed by atoms with E-state index in [0.29, 0.717) is 17.4 Å². The first kappa shape index (κ1) is 11.2. The Hall–Kier alpha value is -1.91. The topological polar surface area (TPSA) is 76.3 Å². The Morgan fingerprint density at radius 3 is 2.33 bits per heavy atom. The molecular formula is C13H15N3O2. The van der Waals surface area contributed by atoms with Crippen LogP contribution < -0.4 is 10.6 Å². The Morgan fingerprint density at radius 1 is 1.22 bits per heavy atom. The Bertz CT molecular complexity index is 487. The Kier molecular flexibility index (Phi) is 2.36. The second-order valence-corrected chi connectivity index (χ2v) is 5.25. The third kappa shape index (κ3) is 1.50. The zero-order valence-corrected chi connectivity index (χ0v) is 10.2. The van der Waals surface area contributed by atoms with Crippen LogP contribution in [-0.2, 0) is 9.59 Å². The van der Waals surface area contributed by atoms with E-state index in [1.165, 1.54) is 11.1 Å². The average molecular weight is 245 g/mol. The van der Waals surface area contributed by atoms with Crippen molar-refractivity contribution >= 4 is 23.3 Å². The average Bonchev–Trinajstić information content (AvgIpc) is 2.82. The number of carbonyl (C=O) groups excluding carboxylic acids is 2. The van der Waals surface area contributed by atoms with Crippen LogP contribution in [0.3, 0.4) is 0 Å². The Morgan fingerprint density at radius 2 is 1.83 bits per heavy atom. The number of hydrogen-bond donors (Lipinski definition) is 1. The lowest BCUT2D eigenvalue weighted by molar-refractivity contribution is -0.123. The molecule has 2 amide bonds. The second kappa shape index (κ2) is 3.80. The van der Waals surface area contributed by atoms with Crippen molar-refractivity contribution in [1.82, 2.24) is 4.98 Å². The summed E-state index contributed by atoms with van der Waals surface area (Å²) >= 11 is 0. The van der Waals surface area contributed by atoms with Crippen molar-refractivity contribution in [2.75, 3.05) is 10.6 Å². The summed E-state index contributed by atoms with van der Waals surface area (Å²) in [4.78, 5) is 29.8. The fourth-order valence-corrected chi connectivity index (χ4v) is 3.03. The van der Waals surface area contributed by atoms with Crippen molar-refractivity contribution in [2.24, 2.45) is 17.8 Å². The van der Waals surface area contributed by atoms with Crippen molar-refractivity contribution in [3.63, 3.8) is 0 Å². The highest BCUT2D eigenvalue weighted by Gasteiger charge is 2.52. The maximum Gasteiger partial charge on any atom is 0.238 e. The zero-order chi connectivity index (χ0) is 12.9. The van der Waals surface area contributed by atoms with Gasteiger partial charge in [0, 0.05) is 0 Å². The van der Waals surface area contributed by atoms with Gasteiger partial charge in [-0.25, -0.2) is 9.88 Å². The Balaban J connectivity index is 1.93. The van der Waals surface area contributed by atoms with E-state index in [4.69, 9.17) is 5.73 Å². The summed E-state index contributed by atoms with van der Waals surface area (Å²) in [6.07, 6.45) is 3.08. The van der Waals surface area contributed by atoms with E-state index >= 15 is 0 Å². The molecule has 5 heteroatoms. The van der Waals surface area contributed by atoms with Crippen LogP contribution in [0.5, 0.6) is 0 Å². The molecule has 1 saturated carbocycles. The molecule has 0 aromatic carbocycles. The monoisotopic (exact) mass is 245 g/mol. The number of rotatable bonds is 1. The van der Waals surface area contributed by atoms with Crippen LogP contribution in [0.4, 0.5) is 11.5 Å². The van der Waals surface area contributed by atoms with Crippen LogP contribution in [0.2, 0.25) is 0 Å². The van der Waals surface area contributed by atoms with E-state index in [2.05, 4.69) is 11.9 Å². The van der Waals surface area contributed by atoms with Crippen molar-refractivity contribution in [3.05, 3.63) is 18.3 Å². The van der Waals surface area contributed by atoms with E-state index in [1.807, 2.05) is 0 Å². The van der Waals surface area contributed by atoms with Crippen molar-refractivity contribution in [2.45, 2.75) is 19.8 Å². The SMILES string of the molecule is CC1CC2C(=O)N(c3ccc(N)cn3)C(=O)C2C1. The van der Waals surface area contributed by atoms with Crippen LogP contribution in [0, 0.1) is 17.8 Å². The van der Waals surface area contributed by atoms with Gasteiger partial charge in [-0.2, -0.15) is 0 Å². The van der Waals surface area contributed by atoms with Crippen LogP contribution in [-0.4, -0.2) is 16.8 Å². The molecule has 1 saturated heterocycles.